The maximum absolute atomic E-state index is 13.8. The van der Waals surface area contributed by atoms with Gasteiger partial charge in [-0.25, -0.2) is 18.7 Å². The van der Waals surface area contributed by atoms with Crippen LogP contribution in [0.25, 0.3) is 11.2 Å². The standard InChI is InChI=1S/C30H32ClF2N5O/c1-19-16-38(29(21-5-9-23(32)10-6-21)22-7-11-24(33)12-8-22)20(2)15-37(19)26-14-27(31)35-30-28(26)34-18-36(30)17-25-4-3-13-39-25/h5-12,14,18-20,25,29H,3-4,13,15-17H2,1-2H3/t19-,20+,25-/m0/s1. The summed E-state index contributed by atoms with van der Waals surface area (Å²) in [6, 6.07) is 15.2. The quantitative estimate of drug-likeness (QED) is 0.266. The molecule has 39 heavy (non-hydrogen) atoms. The van der Waals surface area contributed by atoms with E-state index in [2.05, 4.69) is 28.6 Å². The van der Waals surface area contributed by atoms with Gasteiger partial charge in [0.2, 0.25) is 0 Å². The molecule has 0 saturated carbocycles. The first kappa shape index (κ1) is 26.2. The predicted molar refractivity (Wildman–Crippen MR) is 149 cm³/mol. The first-order valence-corrected chi connectivity index (χ1v) is 13.9. The number of anilines is 1. The summed E-state index contributed by atoms with van der Waals surface area (Å²) in [5.74, 6) is -0.555. The second kappa shape index (κ2) is 10.8. The van der Waals surface area contributed by atoms with Crippen LogP contribution < -0.4 is 4.90 Å². The fraction of sp³-hybridized carbons (Fsp3) is 0.400. The minimum atomic E-state index is -0.277. The van der Waals surface area contributed by atoms with E-state index in [1.807, 2.05) is 41.2 Å². The van der Waals surface area contributed by atoms with Crippen molar-refractivity contribution in [2.24, 2.45) is 0 Å². The number of halogens is 3. The highest BCUT2D eigenvalue weighted by atomic mass is 35.5. The van der Waals surface area contributed by atoms with Gasteiger partial charge in [-0.15, -0.1) is 0 Å². The molecule has 2 saturated heterocycles. The highest BCUT2D eigenvalue weighted by molar-refractivity contribution is 6.30. The maximum Gasteiger partial charge on any atom is 0.163 e. The molecule has 6 rings (SSSR count). The topological polar surface area (TPSA) is 46.4 Å². The minimum absolute atomic E-state index is 0.120. The van der Waals surface area contributed by atoms with E-state index in [1.54, 1.807) is 0 Å². The van der Waals surface area contributed by atoms with Crippen LogP contribution >= 0.6 is 11.6 Å². The lowest BCUT2D eigenvalue weighted by molar-refractivity contribution is 0.0978. The molecule has 0 unspecified atom stereocenters. The summed E-state index contributed by atoms with van der Waals surface area (Å²) in [6.07, 6.45) is 4.12. The number of fused-ring (bicyclic) bond motifs is 1. The Hall–Kier alpha value is -3.07. The Morgan fingerprint density at radius 1 is 0.974 bits per heavy atom. The van der Waals surface area contributed by atoms with Crippen molar-refractivity contribution in [2.45, 2.75) is 57.5 Å². The Labute approximate surface area is 232 Å². The molecule has 0 amide bonds. The van der Waals surface area contributed by atoms with E-state index >= 15 is 0 Å². The molecule has 2 fully saturated rings. The molecule has 9 heteroatoms. The number of nitrogens with zero attached hydrogens (tertiary/aromatic N) is 5. The van der Waals surface area contributed by atoms with Gasteiger partial charge in [-0.05, 0) is 62.1 Å². The molecule has 2 aromatic heterocycles. The minimum Gasteiger partial charge on any atom is -0.376 e. The Kier molecular flexibility index (Phi) is 7.27. The number of pyridine rings is 1. The number of imidazole rings is 1. The van der Waals surface area contributed by atoms with Crippen molar-refractivity contribution in [3.8, 4) is 0 Å². The van der Waals surface area contributed by atoms with Gasteiger partial charge in [-0.1, -0.05) is 35.9 Å². The molecule has 0 N–H and O–H groups in total. The number of aromatic nitrogens is 3. The summed E-state index contributed by atoms with van der Waals surface area (Å²) in [4.78, 5) is 14.2. The highest BCUT2D eigenvalue weighted by Crippen LogP contribution is 2.37. The summed E-state index contributed by atoms with van der Waals surface area (Å²) >= 11 is 6.56. The molecule has 3 atom stereocenters. The lowest BCUT2D eigenvalue weighted by Gasteiger charge is -2.48. The lowest BCUT2D eigenvalue weighted by Crippen LogP contribution is -2.57. The molecular formula is C30H32ClF2N5O. The first-order chi connectivity index (χ1) is 18.9. The zero-order valence-corrected chi connectivity index (χ0v) is 22.9. The molecule has 2 aliphatic rings. The second-order valence-electron chi connectivity index (χ2n) is 10.7. The van der Waals surface area contributed by atoms with E-state index in [0.717, 1.165) is 60.5 Å². The largest absolute Gasteiger partial charge is 0.376 e. The zero-order valence-electron chi connectivity index (χ0n) is 22.1. The molecule has 0 radical (unpaired) electrons. The van der Waals surface area contributed by atoms with E-state index in [0.29, 0.717) is 11.7 Å². The van der Waals surface area contributed by atoms with Crippen LogP contribution in [0.5, 0.6) is 0 Å². The summed E-state index contributed by atoms with van der Waals surface area (Å²) in [5.41, 5.74) is 4.51. The summed E-state index contributed by atoms with van der Waals surface area (Å²) in [5, 5.41) is 0.435. The monoisotopic (exact) mass is 551 g/mol. The fourth-order valence-corrected chi connectivity index (χ4v) is 6.25. The Morgan fingerprint density at radius 2 is 1.64 bits per heavy atom. The van der Waals surface area contributed by atoms with Gasteiger partial charge in [0.15, 0.2) is 5.65 Å². The lowest BCUT2D eigenvalue weighted by atomic mass is 9.93. The first-order valence-electron chi connectivity index (χ1n) is 13.5. The second-order valence-corrected chi connectivity index (χ2v) is 11.1. The van der Waals surface area contributed by atoms with Crippen LogP contribution in [0.1, 0.15) is 43.9 Å². The fourth-order valence-electron chi connectivity index (χ4n) is 6.06. The van der Waals surface area contributed by atoms with Gasteiger partial charge in [0.05, 0.1) is 30.7 Å². The van der Waals surface area contributed by atoms with Gasteiger partial charge >= 0.3 is 0 Å². The molecule has 0 aliphatic carbocycles. The van der Waals surface area contributed by atoms with Crippen LogP contribution in [0.3, 0.4) is 0 Å². The number of rotatable bonds is 6. The Bertz CT molecular complexity index is 1390. The molecule has 4 heterocycles. The van der Waals surface area contributed by atoms with Crippen molar-refractivity contribution in [3.05, 3.63) is 88.8 Å². The van der Waals surface area contributed by atoms with Crippen molar-refractivity contribution in [3.63, 3.8) is 0 Å². The number of benzene rings is 2. The van der Waals surface area contributed by atoms with Gasteiger partial charge < -0.3 is 14.2 Å². The van der Waals surface area contributed by atoms with E-state index in [4.69, 9.17) is 21.3 Å². The van der Waals surface area contributed by atoms with Crippen LogP contribution in [0.15, 0.2) is 60.9 Å². The van der Waals surface area contributed by atoms with Crippen molar-refractivity contribution < 1.29 is 13.5 Å². The van der Waals surface area contributed by atoms with Crippen LogP contribution in [0.4, 0.5) is 14.5 Å². The highest BCUT2D eigenvalue weighted by Gasteiger charge is 2.36. The molecule has 4 aromatic rings. The molecule has 6 nitrogen and oxygen atoms in total. The van der Waals surface area contributed by atoms with Gasteiger partial charge in [0.1, 0.15) is 22.3 Å². The zero-order chi connectivity index (χ0) is 27.1. The molecule has 204 valence electrons. The van der Waals surface area contributed by atoms with Gasteiger partial charge in [-0.2, -0.15) is 0 Å². The molecule has 0 bridgehead atoms. The van der Waals surface area contributed by atoms with Crippen LogP contribution in [0.2, 0.25) is 5.15 Å². The SMILES string of the molecule is C[C@@H]1CN(c2cc(Cl)nc3c2ncn3C[C@@H]2CCCO2)[C@@H](C)CN1C(c1ccc(F)cc1)c1ccc(F)cc1. The smallest absolute Gasteiger partial charge is 0.163 e. The van der Waals surface area contributed by atoms with E-state index < -0.39 is 0 Å². The third-order valence-corrected chi connectivity index (χ3v) is 8.19. The molecule has 2 aromatic carbocycles. The summed E-state index contributed by atoms with van der Waals surface area (Å²) < 4.78 is 35.5. The van der Waals surface area contributed by atoms with Crippen LogP contribution in [-0.2, 0) is 11.3 Å². The summed E-state index contributed by atoms with van der Waals surface area (Å²) in [7, 11) is 0. The summed E-state index contributed by atoms with van der Waals surface area (Å²) in [6.45, 7) is 7.35. The van der Waals surface area contributed by atoms with Crippen molar-refractivity contribution in [1.29, 1.82) is 0 Å². The number of hydrogen-bond donors (Lipinski definition) is 0. The van der Waals surface area contributed by atoms with Crippen molar-refractivity contribution >= 4 is 28.5 Å². The third-order valence-electron chi connectivity index (χ3n) is 7.99. The normalized spacial score (nSPS) is 22.3. The van der Waals surface area contributed by atoms with Crippen molar-refractivity contribution in [2.75, 3.05) is 24.6 Å². The van der Waals surface area contributed by atoms with Gasteiger partial charge in [0.25, 0.3) is 0 Å². The maximum atomic E-state index is 13.8. The average Bonchev–Trinajstić information content (AvgIpc) is 3.58. The van der Waals surface area contributed by atoms with E-state index in [-0.39, 0.29) is 35.9 Å². The van der Waals surface area contributed by atoms with E-state index in [9.17, 15) is 8.78 Å². The van der Waals surface area contributed by atoms with Gasteiger partial charge in [-0.3, -0.25) is 4.90 Å². The van der Waals surface area contributed by atoms with E-state index in [1.165, 1.54) is 24.3 Å². The molecule has 0 spiro atoms. The predicted octanol–water partition coefficient (Wildman–Crippen LogP) is 6.23. The Balaban J connectivity index is 1.31. The van der Waals surface area contributed by atoms with Crippen molar-refractivity contribution in [1.82, 2.24) is 19.4 Å². The number of ether oxygens (including phenoxy) is 1. The molecule has 2 aliphatic heterocycles. The number of hydrogen-bond acceptors (Lipinski definition) is 5. The Morgan fingerprint density at radius 3 is 2.26 bits per heavy atom. The third kappa shape index (κ3) is 5.25. The van der Waals surface area contributed by atoms with Gasteiger partial charge in [0, 0.05) is 37.8 Å². The average molecular weight is 552 g/mol. The molecular weight excluding hydrogens is 520 g/mol. The number of piperazine rings is 1. The van der Waals surface area contributed by atoms with Crippen LogP contribution in [0, 0.1) is 11.6 Å². The van der Waals surface area contributed by atoms with Crippen LogP contribution in [-0.4, -0.2) is 57.3 Å².